The largest absolute Gasteiger partial charge is 0.395 e. The van der Waals surface area contributed by atoms with Crippen LogP contribution >= 0.6 is 0 Å². The molecule has 0 radical (unpaired) electrons. The van der Waals surface area contributed by atoms with Crippen molar-refractivity contribution < 1.29 is 5.11 Å². The van der Waals surface area contributed by atoms with Crippen molar-refractivity contribution in [2.45, 2.75) is 0 Å². The number of hydrogen-bond acceptors (Lipinski definition) is 3. The fourth-order valence-corrected chi connectivity index (χ4v) is 0.867. The molecule has 0 aliphatic carbocycles. The Labute approximate surface area is 70.7 Å². The quantitative estimate of drug-likeness (QED) is 0.683. The Kier molecular flexibility index (Phi) is 3.29. The molecule has 3 heteroatoms. The summed E-state index contributed by atoms with van der Waals surface area (Å²) in [5.74, 6) is 0. The molecule has 0 spiro atoms. The van der Waals surface area contributed by atoms with Crippen molar-refractivity contribution in [3.05, 3.63) is 40.6 Å². The standard InChI is InChI=1S/C9H11NO2/c11-7-6-10-8-4-2-1-3-5-9(8)12/h1-5,11H,6-7H2,(H,10,12). The Morgan fingerprint density at radius 2 is 2.00 bits per heavy atom. The van der Waals surface area contributed by atoms with E-state index in [0.717, 1.165) is 0 Å². The first-order valence-corrected chi connectivity index (χ1v) is 3.78. The van der Waals surface area contributed by atoms with Crippen LogP contribution in [0, 0.1) is 0 Å². The average molecular weight is 165 g/mol. The van der Waals surface area contributed by atoms with Crippen LogP contribution in [0.4, 0.5) is 5.69 Å². The van der Waals surface area contributed by atoms with Gasteiger partial charge in [-0.25, -0.2) is 0 Å². The summed E-state index contributed by atoms with van der Waals surface area (Å²) in [6.45, 7) is 0.428. The molecule has 0 saturated carbocycles. The highest BCUT2D eigenvalue weighted by Gasteiger charge is 1.92. The molecule has 2 N–H and O–H groups in total. The van der Waals surface area contributed by atoms with E-state index in [4.69, 9.17) is 5.11 Å². The van der Waals surface area contributed by atoms with E-state index in [1.165, 1.54) is 6.07 Å². The smallest absolute Gasteiger partial charge is 0.201 e. The molecule has 0 bridgehead atoms. The second-order valence-corrected chi connectivity index (χ2v) is 2.34. The predicted molar refractivity (Wildman–Crippen MR) is 48.3 cm³/mol. The Hall–Kier alpha value is -1.35. The maximum Gasteiger partial charge on any atom is 0.201 e. The van der Waals surface area contributed by atoms with Crippen LogP contribution in [0.2, 0.25) is 0 Å². The molecule has 12 heavy (non-hydrogen) atoms. The van der Waals surface area contributed by atoms with E-state index in [-0.39, 0.29) is 12.0 Å². The van der Waals surface area contributed by atoms with Crippen LogP contribution in [0.5, 0.6) is 0 Å². The van der Waals surface area contributed by atoms with Gasteiger partial charge in [0.15, 0.2) is 0 Å². The van der Waals surface area contributed by atoms with E-state index in [1.807, 2.05) is 0 Å². The molecule has 0 amide bonds. The minimum atomic E-state index is -0.0616. The molecule has 0 atom stereocenters. The predicted octanol–water partition coefficient (Wildman–Crippen LogP) is 0.451. The zero-order valence-electron chi connectivity index (χ0n) is 6.66. The van der Waals surface area contributed by atoms with E-state index >= 15 is 0 Å². The molecule has 1 aromatic carbocycles. The van der Waals surface area contributed by atoms with Crippen LogP contribution in [0.1, 0.15) is 0 Å². The van der Waals surface area contributed by atoms with Gasteiger partial charge < -0.3 is 10.4 Å². The number of aliphatic hydroxyl groups excluding tert-OH is 1. The van der Waals surface area contributed by atoms with Gasteiger partial charge in [0.05, 0.1) is 12.3 Å². The maximum atomic E-state index is 11.2. The summed E-state index contributed by atoms with van der Waals surface area (Å²) in [4.78, 5) is 11.2. The highest BCUT2D eigenvalue weighted by molar-refractivity contribution is 5.41. The van der Waals surface area contributed by atoms with Gasteiger partial charge in [0.25, 0.3) is 0 Å². The van der Waals surface area contributed by atoms with E-state index in [0.29, 0.717) is 12.2 Å². The van der Waals surface area contributed by atoms with Crippen molar-refractivity contribution in [3.8, 4) is 0 Å². The van der Waals surface area contributed by atoms with E-state index < -0.39 is 0 Å². The molecule has 0 aliphatic heterocycles. The van der Waals surface area contributed by atoms with Crippen LogP contribution in [0.3, 0.4) is 0 Å². The molecule has 0 fully saturated rings. The SMILES string of the molecule is O=c1cccccc1NCCO. The van der Waals surface area contributed by atoms with Gasteiger partial charge in [0.2, 0.25) is 5.43 Å². The monoisotopic (exact) mass is 165 g/mol. The highest BCUT2D eigenvalue weighted by Crippen LogP contribution is 1.94. The molecule has 0 heterocycles. The van der Waals surface area contributed by atoms with Gasteiger partial charge in [-0.15, -0.1) is 0 Å². The number of hydrogen-bond donors (Lipinski definition) is 2. The lowest BCUT2D eigenvalue weighted by Crippen LogP contribution is -2.11. The molecule has 3 nitrogen and oxygen atoms in total. The summed E-state index contributed by atoms with van der Waals surface area (Å²) >= 11 is 0. The van der Waals surface area contributed by atoms with Crippen molar-refractivity contribution in [2.75, 3.05) is 18.5 Å². The molecule has 0 aliphatic rings. The second-order valence-electron chi connectivity index (χ2n) is 2.34. The van der Waals surface area contributed by atoms with Crippen molar-refractivity contribution in [1.29, 1.82) is 0 Å². The molecular weight excluding hydrogens is 154 g/mol. The van der Waals surface area contributed by atoms with Gasteiger partial charge in [0, 0.05) is 6.54 Å². The average Bonchev–Trinajstić information content (AvgIpc) is 2.27. The van der Waals surface area contributed by atoms with Gasteiger partial charge in [-0.1, -0.05) is 18.2 Å². The van der Waals surface area contributed by atoms with Crippen molar-refractivity contribution >= 4 is 5.69 Å². The van der Waals surface area contributed by atoms with Crippen LogP contribution in [0.15, 0.2) is 35.1 Å². The minimum Gasteiger partial charge on any atom is -0.395 e. The third-order valence-electron chi connectivity index (χ3n) is 1.43. The van der Waals surface area contributed by atoms with Gasteiger partial charge in [-0.2, -0.15) is 0 Å². The van der Waals surface area contributed by atoms with E-state index in [9.17, 15) is 4.79 Å². The normalized spacial score (nSPS) is 9.42. The zero-order valence-corrected chi connectivity index (χ0v) is 6.66. The highest BCUT2D eigenvalue weighted by atomic mass is 16.3. The third-order valence-corrected chi connectivity index (χ3v) is 1.43. The van der Waals surface area contributed by atoms with E-state index in [1.54, 1.807) is 24.3 Å². The molecule has 64 valence electrons. The lowest BCUT2D eigenvalue weighted by atomic mass is 10.4. The summed E-state index contributed by atoms with van der Waals surface area (Å²) in [6.07, 6.45) is 0. The van der Waals surface area contributed by atoms with Crippen molar-refractivity contribution in [3.63, 3.8) is 0 Å². The first kappa shape index (κ1) is 8.74. The summed E-state index contributed by atoms with van der Waals surface area (Å²) in [5, 5.41) is 11.3. The Morgan fingerprint density at radius 3 is 2.75 bits per heavy atom. The fraction of sp³-hybridized carbons (Fsp3) is 0.222. The Morgan fingerprint density at radius 1 is 1.25 bits per heavy atom. The molecular formula is C9H11NO2. The van der Waals surface area contributed by atoms with Crippen LogP contribution in [-0.4, -0.2) is 18.3 Å². The Bertz CT molecular complexity index is 298. The Balaban J connectivity index is 2.86. The lowest BCUT2D eigenvalue weighted by Gasteiger charge is -1.98. The van der Waals surface area contributed by atoms with Gasteiger partial charge in [-0.05, 0) is 12.1 Å². The van der Waals surface area contributed by atoms with Crippen LogP contribution < -0.4 is 10.7 Å². The molecule has 0 saturated heterocycles. The second kappa shape index (κ2) is 4.51. The van der Waals surface area contributed by atoms with Gasteiger partial charge in [-0.3, -0.25) is 4.79 Å². The van der Waals surface area contributed by atoms with Crippen molar-refractivity contribution in [1.82, 2.24) is 0 Å². The fourth-order valence-electron chi connectivity index (χ4n) is 0.867. The van der Waals surface area contributed by atoms with Crippen molar-refractivity contribution in [2.24, 2.45) is 0 Å². The first-order valence-electron chi connectivity index (χ1n) is 3.78. The topological polar surface area (TPSA) is 49.3 Å². The molecule has 1 rings (SSSR count). The summed E-state index contributed by atoms with van der Waals surface area (Å²) in [5.41, 5.74) is 0.461. The van der Waals surface area contributed by atoms with Crippen LogP contribution in [-0.2, 0) is 0 Å². The summed E-state index contributed by atoms with van der Waals surface area (Å²) < 4.78 is 0. The molecule has 0 unspecified atom stereocenters. The molecule has 0 aromatic heterocycles. The third kappa shape index (κ3) is 2.36. The van der Waals surface area contributed by atoms with Gasteiger partial charge >= 0.3 is 0 Å². The number of aliphatic hydroxyl groups is 1. The first-order chi connectivity index (χ1) is 5.84. The summed E-state index contributed by atoms with van der Waals surface area (Å²) in [6, 6.07) is 8.43. The minimum absolute atomic E-state index is 0.0258. The number of rotatable bonds is 3. The number of nitrogens with one attached hydrogen (secondary N) is 1. The number of anilines is 1. The van der Waals surface area contributed by atoms with E-state index in [2.05, 4.69) is 5.32 Å². The summed E-state index contributed by atoms with van der Waals surface area (Å²) in [7, 11) is 0. The van der Waals surface area contributed by atoms with Gasteiger partial charge in [0.1, 0.15) is 0 Å². The zero-order chi connectivity index (χ0) is 8.81. The maximum absolute atomic E-state index is 11.2. The molecule has 1 aromatic rings. The van der Waals surface area contributed by atoms with Crippen LogP contribution in [0.25, 0.3) is 0 Å². The lowest BCUT2D eigenvalue weighted by molar-refractivity contribution is 0.311.